The summed E-state index contributed by atoms with van der Waals surface area (Å²) in [4.78, 5) is 11.5. The van der Waals surface area contributed by atoms with Crippen LogP contribution in [0.3, 0.4) is 0 Å². The zero-order valence-corrected chi connectivity index (χ0v) is 9.69. The lowest BCUT2D eigenvalue weighted by Crippen LogP contribution is -2.28. The minimum atomic E-state index is -0.240. The molecule has 0 aromatic heterocycles. The first kappa shape index (κ1) is 13.1. The Labute approximate surface area is 100 Å². The minimum Gasteiger partial charge on any atom is -0.506 e. The maximum absolute atomic E-state index is 11.5. The molecule has 0 aliphatic carbocycles. The topological polar surface area (TPSA) is 70.6 Å². The van der Waals surface area contributed by atoms with Crippen molar-refractivity contribution in [2.24, 2.45) is 0 Å². The average Bonchev–Trinajstić information content (AvgIpc) is 2.32. The summed E-state index contributed by atoms with van der Waals surface area (Å²) in [6, 6.07) is 4.63. The lowest BCUT2D eigenvalue weighted by atomic mass is 10.2. The second-order valence-corrected chi connectivity index (χ2v) is 3.35. The van der Waals surface area contributed by atoms with Crippen molar-refractivity contribution in [2.45, 2.75) is 0 Å². The zero-order valence-electron chi connectivity index (χ0n) is 9.69. The van der Waals surface area contributed by atoms with E-state index in [-0.39, 0.29) is 18.2 Å². The number of nitrogens with one attached hydrogen (secondary N) is 2. The number of hydrogen-bond acceptors (Lipinski definition) is 4. The van der Waals surface area contributed by atoms with Crippen molar-refractivity contribution in [1.29, 1.82) is 0 Å². The second kappa shape index (κ2) is 6.55. The number of carbonyl (C=O) groups is 1. The molecule has 17 heavy (non-hydrogen) atoms. The summed E-state index contributed by atoms with van der Waals surface area (Å²) >= 11 is 0. The van der Waals surface area contributed by atoms with Crippen molar-refractivity contribution in [3.63, 3.8) is 0 Å². The van der Waals surface area contributed by atoms with Gasteiger partial charge in [0.1, 0.15) is 11.5 Å². The van der Waals surface area contributed by atoms with Gasteiger partial charge in [0, 0.05) is 12.6 Å². The monoisotopic (exact) mass is 236 g/mol. The van der Waals surface area contributed by atoms with E-state index in [1.165, 1.54) is 13.2 Å². The minimum absolute atomic E-state index is 0.00266. The molecule has 1 aromatic rings. The van der Waals surface area contributed by atoms with Crippen molar-refractivity contribution >= 4 is 11.6 Å². The number of hydrogen-bond donors (Lipinski definition) is 3. The molecule has 0 spiro atoms. The summed E-state index contributed by atoms with van der Waals surface area (Å²) in [5.41, 5.74) is 0.328. The molecule has 1 rings (SSSR count). The van der Waals surface area contributed by atoms with E-state index in [1.807, 2.05) is 0 Å². The molecule has 1 aromatic carbocycles. The van der Waals surface area contributed by atoms with Crippen LogP contribution in [-0.4, -0.2) is 31.2 Å². The summed E-state index contributed by atoms with van der Waals surface area (Å²) in [5.74, 6) is 0.329. The molecule has 5 nitrogen and oxygen atoms in total. The van der Waals surface area contributed by atoms with Crippen LogP contribution in [0.15, 0.2) is 30.9 Å². The molecule has 0 unspecified atom stereocenters. The Bertz CT molecular complexity index is 405. The predicted octanol–water partition coefficient (Wildman–Crippen LogP) is 1.11. The zero-order chi connectivity index (χ0) is 12.7. The SMILES string of the molecule is C=CCNCC(=O)Nc1cc(OC)ccc1O. The molecule has 0 saturated heterocycles. The van der Waals surface area contributed by atoms with Gasteiger partial charge in [-0.15, -0.1) is 6.58 Å². The van der Waals surface area contributed by atoms with Crippen LogP contribution < -0.4 is 15.4 Å². The van der Waals surface area contributed by atoms with Gasteiger partial charge >= 0.3 is 0 Å². The van der Waals surface area contributed by atoms with Gasteiger partial charge in [-0.05, 0) is 12.1 Å². The largest absolute Gasteiger partial charge is 0.506 e. The summed E-state index contributed by atoms with van der Waals surface area (Å²) in [7, 11) is 1.52. The Balaban J connectivity index is 2.60. The Kier molecular flexibility index (Phi) is 5.03. The first-order valence-corrected chi connectivity index (χ1v) is 5.16. The van der Waals surface area contributed by atoms with Crippen molar-refractivity contribution in [1.82, 2.24) is 5.32 Å². The van der Waals surface area contributed by atoms with Crippen molar-refractivity contribution in [3.05, 3.63) is 30.9 Å². The van der Waals surface area contributed by atoms with Gasteiger partial charge in [0.05, 0.1) is 19.3 Å². The standard InChI is InChI=1S/C12H16N2O3/c1-3-6-13-8-12(16)14-10-7-9(17-2)4-5-11(10)15/h3-5,7,13,15H,1,6,8H2,2H3,(H,14,16). The number of anilines is 1. The lowest BCUT2D eigenvalue weighted by Gasteiger charge is -2.09. The van der Waals surface area contributed by atoms with Crippen molar-refractivity contribution in [3.8, 4) is 11.5 Å². The molecular formula is C12H16N2O3. The summed E-state index contributed by atoms with van der Waals surface area (Å²) in [5, 5.41) is 15.0. The van der Waals surface area contributed by atoms with Crippen molar-refractivity contribution < 1.29 is 14.6 Å². The van der Waals surface area contributed by atoms with Gasteiger partial charge < -0.3 is 20.5 Å². The fourth-order valence-electron chi connectivity index (χ4n) is 1.22. The van der Waals surface area contributed by atoms with Crippen LogP contribution >= 0.6 is 0 Å². The van der Waals surface area contributed by atoms with Gasteiger partial charge in [0.2, 0.25) is 5.91 Å². The molecule has 0 heterocycles. The maximum atomic E-state index is 11.5. The smallest absolute Gasteiger partial charge is 0.238 e. The third-order valence-electron chi connectivity index (χ3n) is 2.05. The highest BCUT2D eigenvalue weighted by atomic mass is 16.5. The number of amides is 1. The van der Waals surface area contributed by atoms with E-state index in [9.17, 15) is 9.90 Å². The van der Waals surface area contributed by atoms with E-state index in [0.717, 1.165) is 0 Å². The van der Waals surface area contributed by atoms with Crippen LogP contribution in [0, 0.1) is 0 Å². The molecule has 0 radical (unpaired) electrons. The van der Waals surface area contributed by atoms with Crippen LogP contribution in [0.25, 0.3) is 0 Å². The molecule has 0 bridgehead atoms. The highest BCUT2D eigenvalue weighted by Crippen LogP contribution is 2.27. The quantitative estimate of drug-likeness (QED) is 0.393. The Morgan fingerprint density at radius 3 is 3.00 bits per heavy atom. The van der Waals surface area contributed by atoms with Crippen molar-refractivity contribution in [2.75, 3.05) is 25.5 Å². The molecule has 1 amide bonds. The van der Waals surface area contributed by atoms with Gasteiger partial charge in [-0.2, -0.15) is 0 Å². The third-order valence-corrected chi connectivity index (χ3v) is 2.05. The van der Waals surface area contributed by atoms with E-state index < -0.39 is 0 Å². The fourth-order valence-corrected chi connectivity index (χ4v) is 1.22. The van der Waals surface area contributed by atoms with Gasteiger partial charge in [-0.3, -0.25) is 4.79 Å². The highest BCUT2D eigenvalue weighted by molar-refractivity contribution is 5.93. The number of phenols is 1. The van der Waals surface area contributed by atoms with Crippen LogP contribution in [0.5, 0.6) is 11.5 Å². The molecule has 0 saturated carbocycles. The first-order chi connectivity index (χ1) is 8.17. The number of benzene rings is 1. The number of aromatic hydroxyl groups is 1. The highest BCUT2D eigenvalue weighted by Gasteiger charge is 2.07. The van der Waals surface area contributed by atoms with Crippen LogP contribution in [-0.2, 0) is 4.79 Å². The average molecular weight is 236 g/mol. The van der Waals surface area contributed by atoms with E-state index in [4.69, 9.17) is 4.74 Å². The number of rotatable bonds is 6. The van der Waals surface area contributed by atoms with E-state index in [2.05, 4.69) is 17.2 Å². The van der Waals surface area contributed by atoms with E-state index in [0.29, 0.717) is 18.0 Å². The second-order valence-electron chi connectivity index (χ2n) is 3.35. The molecule has 3 N–H and O–H groups in total. The maximum Gasteiger partial charge on any atom is 0.238 e. The van der Waals surface area contributed by atoms with Crippen LogP contribution in [0.1, 0.15) is 0 Å². The first-order valence-electron chi connectivity index (χ1n) is 5.16. The van der Waals surface area contributed by atoms with Gasteiger partial charge in [0.15, 0.2) is 0 Å². The van der Waals surface area contributed by atoms with Gasteiger partial charge in [-0.1, -0.05) is 6.08 Å². The molecule has 92 valence electrons. The summed E-state index contributed by atoms with van der Waals surface area (Å²) in [6.07, 6.45) is 1.66. The van der Waals surface area contributed by atoms with Gasteiger partial charge in [-0.25, -0.2) is 0 Å². The Morgan fingerprint density at radius 1 is 1.59 bits per heavy atom. The molecule has 0 aliphatic heterocycles. The molecule has 0 fully saturated rings. The third kappa shape index (κ3) is 4.16. The Morgan fingerprint density at radius 2 is 2.35 bits per heavy atom. The Hall–Kier alpha value is -2.01. The molecule has 0 atom stereocenters. The molecule has 0 aliphatic rings. The number of ether oxygens (including phenoxy) is 1. The summed E-state index contributed by atoms with van der Waals surface area (Å²) < 4.78 is 5.00. The fraction of sp³-hybridized carbons (Fsp3) is 0.250. The molecule has 5 heteroatoms. The molecular weight excluding hydrogens is 220 g/mol. The van der Waals surface area contributed by atoms with E-state index in [1.54, 1.807) is 18.2 Å². The normalized spacial score (nSPS) is 9.71. The van der Waals surface area contributed by atoms with Crippen LogP contribution in [0.4, 0.5) is 5.69 Å². The van der Waals surface area contributed by atoms with Crippen LogP contribution in [0.2, 0.25) is 0 Å². The van der Waals surface area contributed by atoms with Gasteiger partial charge in [0.25, 0.3) is 0 Å². The predicted molar refractivity (Wildman–Crippen MR) is 66.4 cm³/mol. The summed E-state index contributed by atoms with van der Waals surface area (Å²) in [6.45, 7) is 4.24. The number of phenolic OH excluding ortho intramolecular Hbond substituents is 1. The number of carbonyl (C=O) groups excluding carboxylic acids is 1. The van der Waals surface area contributed by atoms with E-state index >= 15 is 0 Å². The number of methoxy groups -OCH3 is 1. The lowest BCUT2D eigenvalue weighted by molar-refractivity contribution is -0.115.